The summed E-state index contributed by atoms with van der Waals surface area (Å²) >= 11 is 2.91. The molecule has 8 heteroatoms. The van der Waals surface area contributed by atoms with E-state index in [1.807, 2.05) is 7.05 Å². The van der Waals surface area contributed by atoms with Crippen LogP contribution in [0.1, 0.15) is 25.7 Å². The molecule has 1 aliphatic rings. The zero-order valence-electron chi connectivity index (χ0n) is 11.5. The molecule has 0 aliphatic heterocycles. The summed E-state index contributed by atoms with van der Waals surface area (Å²) in [5.74, 6) is -1.92. The average molecular weight is 383 g/mol. The maximum Gasteiger partial charge on any atom is 0.244 e. The van der Waals surface area contributed by atoms with Gasteiger partial charge in [0.15, 0.2) is 0 Å². The minimum absolute atomic E-state index is 0.114. The lowest BCUT2D eigenvalue weighted by Crippen LogP contribution is -2.41. The smallest absolute Gasteiger partial charge is 0.244 e. The normalized spacial score (nSPS) is 23.2. The van der Waals surface area contributed by atoms with E-state index in [1.165, 1.54) is 0 Å². The van der Waals surface area contributed by atoms with E-state index in [4.69, 9.17) is 0 Å². The van der Waals surface area contributed by atoms with Crippen LogP contribution in [0.4, 0.5) is 8.78 Å². The van der Waals surface area contributed by atoms with Crippen LogP contribution in [-0.4, -0.2) is 27.5 Å². The van der Waals surface area contributed by atoms with Crippen LogP contribution in [0.15, 0.2) is 21.5 Å². The Balaban J connectivity index is 2.16. The monoisotopic (exact) mass is 382 g/mol. The molecule has 0 saturated heterocycles. The fraction of sp³-hybridized carbons (Fsp3) is 0.538. The van der Waals surface area contributed by atoms with Crippen molar-refractivity contribution in [3.63, 3.8) is 0 Å². The van der Waals surface area contributed by atoms with E-state index in [-0.39, 0.29) is 10.5 Å². The zero-order valence-corrected chi connectivity index (χ0v) is 13.9. The molecule has 0 heterocycles. The topological polar surface area (TPSA) is 58.2 Å². The Morgan fingerprint density at radius 2 is 1.71 bits per heavy atom. The van der Waals surface area contributed by atoms with Crippen molar-refractivity contribution in [3.8, 4) is 0 Å². The van der Waals surface area contributed by atoms with Gasteiger partial charge in [0.2, 0.25) is 10.0 Å². The van der Waals surface area contributed by atoms with Crippen molar-refractivity contribution in [2.45, 2.75) is 42.7 Å². The maximum absolute atomic E-state index is 13.8. The van der Waals surface area contributed by atoms with Gasteiger partial charge in [0.25, 0.3) is 0 Å². The molecule has 118 valence electrons. The van der Waals surface area contributed by atoms with Crippen molar-refractivity contribution in [2.24, 2.45) is 0 Å². The number of rotatable bonds is 4. The van der Waals surface area contributed by atoms with Gasteiger partial charge in [0, 0.05) is 22.6 Å². The van der Waals surface area contributed by atoms with Gasteiger partial charge in [-0.25, -0.2) is 21.9 Å². The minimum Gasteiger partial charge on any atom is -0.317 e. The van der Waals surface area contributed by atoms with Gasteiger partial charge in [-0.2, -0.15) is 0 Å². The predicted octanol–water partition coefficient (Wildman–Crippen LogP) is 2.54. The molecule has 1 aromatic carbocycles. The Morgan fingerprint density at radius 1 is 1.14 bits per heavy atom. The predicted molar refractivity (Wildman–Crippen MR) is 79.5 cm³/mol. The van der Waals surface area contributed by atoms with E-state index in [0.717, 1.165) is 18.9 Å². The van der Waals surface area contributed by atoms with E-state index in [2.05, 4.69) is 26.0 Å². The van der Waals surface area contributed by atoms with Gasteiger partial charge in [-0.3, -0.25) is 0 Å². The molecule has 1 fully saturated rings. The van der Waals surface area contributed by atoms with Crippen molar-refractivity contribution in [2.75, 3.05) is 7.05 Å². The third kappa shape index (κ3) is 4.00. The van der Waals surface area contributed by atoms with Gasteiger partial charge in [-0.15, -0.1) is 0 Å². The van der Waals surface area contributed by atoms with E-state index in [9.17, 15) is 17.2 Å². The number of hydrogen-bond donors (Lipinski definition) is 2. The molecule has 0 bridgehead atoms. The molecule has 0 radical (unpaired) electrons. The highest BCUT2D eigenvalue weighted by atomic mass is 79.9. The Kier molecular flexibility index (Phi) is 5.34. The van der Waals surface area contributed by atoms with Gasteiger partial charge in [0.05, 0.1) is 0 Å². The highest BCUT2D eigenvalue weighted by Crippen LogP contribution is 2.27. The van der Waals surface area contributed by atoms with Crippen molar-refractivity contribution < 1.29 is 17.2 Å². The minimum atomic E-state index is -4.02. The van der Waals surface area contributed by atoms with Crippen molar-refractivity contribution in [1.29, 1.82) is 0 Å². The molecular formula is C13H17BrF2N2O2S. The molecule has 2 rings (SSSR count). The van der Waals surface area contributed by atoms with Gasteiger partial charge in [-0.1, -0.05) is 0 Å². The van der Waals surface area contributed by atoms with Crippen molar-refractivity contribution in [1.82, 2.24) is 10.0 Å². The van der Waals surface area contributed by atoms with Crippen molar-refractivity contribution >= 4 is 26.0 Å². The molecule has 1 aliphatic carbocycles. The van der Waals surface area contributed by atoms with Gasteiger partial charge in [-0.05, 0) is 54.7 Å². The molecule has 0 aromatic heterocycles. The lowest BCUT2D eigenvalue weighted by atomic mass is 9.92. The summed E-state index contributed by atoms with van der Waals surface area (Å²) < 4.78 is 53.8. The summed E-state index contributed by atoms with van der Waals surface area (Å²) in [6.07, 6.45) is 3.09. The quantitative estimate of drug-likeness (QED) is 0.840. The first-order valence-electron chi connectivity index (χ1n) is 6.67. The Morgan fingerprint density at radius 3 is 2.24 bits per heavy atom. The first-order chi connectivity index (χ1) is 9.83. The lowest BCUT2D eigenvalue weighted by molar-refractivity contribution is 0.342. The zero-order chi connectivity index (χ0) is 15.6. The molecule has 0 unspecified atom stereocenters. The van der Waals surface area contributed by atoms with Crippen LogP contribution in [0.2, 0.25) is 0 Å². The van der Waals surface area contributed by atoms with Crippen LogP contribution in [-0.2, 0) is 10.0 Å². The molecule has 1 aromatic rings. The van der Waals surface area contributed by atoms with Crippen LogP contribution in [0.25, 0.3) is 0 Å². The Bertz CT molecular complexity index is 594. The molecule has 1 saturated carbocycles. The SMILES string of the molecule is CNC1CCC(NS(=O)(=O)c2c(F)cc(F)cc2Br)CC1. The molecular weight excluding hydrogens is 366 g/mol. The van der Waals surface area contributed by atoms with Crippen LogP contribution in [0, 0.1) is 11.6 Å². The molecule has 0 amide bonds. The standard InChI is InChI=1S/C13H17BrF2N2O2S/c1-17-9-2-4-10(5-3-9)18-21(19,20)13-11(14)6-8(15)7-12(13)16/h6-7,9-10,17-18H,2-5H2,1H3. The Hall–Kier alpha value is -0.570. The van der Waals surface area contributed by atoms with Crippen LogP contribution < -0.4 is 10.0 Å². The van der Waals surface area contributed by atoms with E-state index >= 15 is 0 Å². The van der Waals surface area contributed by atoms with Crippen molar-refractivity contribution in [3.05, 3.63) is 28.2 Å². The van der Waals surface area contributed by atoms with Gasteiger partial charge in [0.1, 0.15) is 16.5 Å². The number of nitrogens with one attached hydrogen (secondary N) is 2. The molecule has 0 spiro atoms. The second-order valence-corrected chi connectivity index (χ2v) is 7.66. The summed E-state index contributed by atoms with van der Waals surface area (Å²) in [6, 6.07) is 1.67. The number of benzene rings is 1. The fourth-order valence-corrected chi connectivity index (χ4v) is 5.04. The summed E-state index contributed by atoms with van der Waals surface area (Å²) in [7, 11) is -2.15. The average Bonchev–Trinajstić information content (AvgIpc) is 2.37. The summed E-state index contributed by atoms with van der Waals surface area (Å²) in [6.45, 7) is 0. The second-order valence-electron chi connectivity index (χ2n) is 5.16. The second kappa shape index (κ2) is 6.68. The van der Waals surface area contributed by atoms with E-state index < -0.39 is 26.6 Å². The van der Waals surface area contributed by atoms with Gasteiger partial charge < -0.3 is 5.32 Å². The number of sulfonamides is 1. The third-order valence-corrected chi connectivity index (χ3v) is 6.17. The first-order valence-corrected chi connectivity index (χ1v) is 8.95. The van der Waals surface area contributed by atoms with Crippen LogP contribution >= 0.6 is 15.9 Å². The maximum atomic E-state index is 13.8. The molecule has 21 heavy (non-hydrogen) atoms. The van der Waals surface area contributed by atoms with E-state index in [0.29, 0.717) is 24.9 Å². The first kappa shape index (κ1) is 16.8. The Labute approximate surface area is 131 Å². The highest BCUT2D eigenvalue weighted by Gasteiger charge is 2.28. The largest absolute Gasteiger partial charge is 0.317 e. The lowest BCUT2D eigenvalue weighted by Gasteiger charge is -2.28. The van der Waals surface area contributed by atoms with Gasteiger partial charge >= 0.3 is 0 Å². The van der Waals surface area contributed by atoms with E-state index in [1.54, 1.807) is 0 Å². The number of hydrogen-bond acceptors (Lipinski definition) is 3. The summed E-state index contributed by atoms with van der Waals surface area (Å²) in [5, 5.41) is 3.16. The van der Waals surface area contributed by atoms with Crippen LogP contribution in [0.5, 0.6) is 0 Å². The van der Waals surface area contributed by atoms with Crippen LogP contribution in [0.3, 0.4) is 0 Å². The number of halogens is 3. The summed E-state index contributed by atoms with van der Waals surface area (Å²) in [5.41, 5.74) is 0. The molecule has 4 nitrogen and oxygen atoms in total. The fourth-order valence-electron chi connectivity index (χ4n) is 2.56. The highest BCUT2D eigenvalue weighted by molar-refractivity contribution is 9.10. The summed E-state index contributed by atoms with van der Waals surface area (Å²) in [4.78, 5) is -0.542. The third-order valence-electron chi connectivity index (χ3n) is 3.69. The molecule has 2 N–H and O–H groups in total. The molecule has 0 atom stereocenters.